The Hall–Kier alpha value is -3.13. The van der Waals surface area contributed by atoms with Gasteiger partial charge >= 0.3 is 0 Å². The molecule has 1 amide bonds. The van der Waals surface area contributed by atoms with Gasteiger partial charge in [-0.1, -0.05) is 41.9 Å². The Morgan fingerprint density at radius 1 is 1.03 bits per heavy atom. The van der Waals surface area contributed by atoms with Gasteiger partial charge in [0.1, 0.15) is 23.0 Å². The molecule has 0 aliphatic carbocycles. The van der Waals surface area contributed by atoms with Crippen LogP contribution in [0.15, 0.2) is 72.8 Å². The molecule has 0 saturated carbocycles. The molecule has 4 rings (SSSR count). The zero-order chi connectivity index (χ0) is 22.5. The van der Waals surface area contributed by atoms with Crippen LogP contribution >= 0.6 is 35.2 Å². The Bertz CT molecular complexity index is 1260. The number of carbonyl (C=O) groups excluding carboxylic acids is 1. The van der Waals surface area contributed by atoms with Crippen LogP contribution in [-0.4, -0.2) is 18.1 Å². The molecule has 2 N–H and O–H groups in total. The summed E-state index contributed by atoms with van der Waals surface area (Å²) in [6.07, 6.45) is 0. The maximum Gasteiger partial charge on any atom is 0.269 e. The first-order chi connectivity index (χ1) is 15.5. The quantitative estimate of drug-likeness (QED) is 0.317. The first-order valence-corrected chi connectivity index (χ1v) is 11.3. The maximum absolute atomic E-state index is 12.7. The van der Waals surface area contributed by atoms with Gasteiger partial charge in [-0.15, -0.1) is 11.3 Å². The van der Waals surface area contributed by atoms with Gasteiger partial charge in [-0.2, -0.15) is 0 Å². The molecule has 0 unspecified atom stereocenters. The van der Waals surface area contributed by atoms with Crippen molar-refractivity contribution in [2.45, 2.75) is 6.61 Å². The molecule has 1 heterocycles. The smallest absolute Gasteiger partial charge is 0.269 e. The molecule has 0 saturated heterocycles. The molecule has 3 aromatic carbocycles. The highest BCUT2D eigenvalue weighted by Crippen LogP contribution is 2.37. The lowest BCUT2D eigenvalue weighted by Crippen LogP contribution is -2.33. The number of fused-ring (bicyclic) bond motifs is 1. The standard InChI is InChI=1S/C24H19ClN2O3S2/c1-29-18-11-12-19-20(13-18)32-22(21(19)25)23(28)27-24(31)26-16-7-9-17(10-8-16)30-14-15-5-3-2-4-6-15/h2-13H,14H2,1H3,(H2,26,27,28,31). The number of amides is 1. The van der Waals surface area contributed by atoms with Crippen LogP contribution < -0.4 is 20.1 Å². The summed E-state index contributed by atoms with van der Waals surface area (Å²) in [6, 6.07) is 22.8. The van der Waals surface area contributed by atoms with Crippen molar-refractivity contribution in [3.8, 4) is 11.5 Å². The van der Waals surface area contributed by atoms with Crippen molar-refractivity contribution in [2.75, 3.05) is 12.4 Å². The number of methoxy groups -OCH3 is 1. The minimum absolute atomic E-state index is 0.180. The Labute approximate surface area is 199 Å². The number of hydrogen-bond acceptors (Lipinski definition) is 5. The van der Waals surface area contributed by atoms with E-state index in [4.69, 9.17) is 33.3 Å². The van der Waals surface area contributed by atoms with Crippen LogP contribution in [0.2, 0.25) is 5.02 Å². The summed E-state index contributed by atoms with van der Waals surface area (Å²) in [5.74, 6) is 1.08. The topological polar surface area (TPSA) is 59.6 Å². The summed E-state index contributed by atoms with van der Waals surface area (Å²) in [6.45, 7) is 0.490. The molecule has 4 aromatic rings. The second-order valence-corrected chi connectivity index (χ2v) is 8.65. The van der Waals surface area contributed by atoms with Crippen molar-refractivity contribution < 1.29 is 14.3 Å². The minimum Gasteiger partial charge on any atom is -0.497 e. The van der Waals surface area contributed by atoms with Crippen LogP contribution in [-0.2, 0) is 6.61 Å². The van der Waals surface area contributed by atoms with E-state index in [0.717, 1.165) is 27.1 Å². The first kappa shape index (κ1) is 22.1. The molecule has 0 aliphatic rings. The van der Waals surface area contributed by atoms with E-state index in [1.54, 1.807) is 7.11 Å². The van der Waals surface area contributed by atoms with E-state index in [2.05, 4.69) is 10.6 Å². The molecule has 5 nitrogen and oxygen atoms in total. The number of benzene rings is 3. The Kier molecular flexibility index (Phi) is 6.90. The highest BCUT2D eigenvalue weighted by Gasteiger charge is 2.18. The fourth-order valence-corrected chi connectivity index (χ4v) is 4.67. The van der Waals surface area contributed by atoms with Crippen LogP contribution in [0.25, 0.3) is 10.1 Å². The van der Waals surface area contributed by atoms with Gasteiger partial charge in [0.05, 0.1) is 12.1 Å². The van der Waals surface area contributed by atoms with E-state index >= 15 is 0 Å². The van der Waals surface area contributed by atoms with Crippen molar-refractivity contribution in [1.29, 1.82) is 0 Å². The van der Waals surface area contributed by atoms with Gasteiger partial charge in [0.25, 0.3) is 5.91 Å². The highest BCUT2D eigenvalue weighted by atomic mass is 35.5. The summed E-state index contributed by atoms with van der Waals surface area (Å²) in [5, 5.41) is 7.06. The summed E-state index contributed by atoms with van der Waals surface area (Å²) in [7, 11) is 1.59. The van der Waals surface area contributed by atoms with Gasteiger partial charge in [0.2, 0.25) is 0 Å². The number of ether oxygens (including phenoxy) is 2. The van der Waals surface area contributed by atoms with Gasteiger partial charge in [0.15, 0.2) is 5.11 Å². The van der Waals surface area contributed by atoms with Gasteiger partial charge < -0.3 is 14.8 Å². The molecule has 0 atom stereocenters. The number of hydrogen-bond donors (Lipinski definition) is 2. The van der Waals surface area contributed by atoms with E-state index in [-0.39, 0.29) is 11.0 Å². The van der Waals surface area contributed by atoms with Gasteiger partial charge in [-0.05, 0) is 60.2 Å². The average Bonchev–Trinajstić information content (AvgIpc) is 3.15. The van der Waals surface area contributed by atoms with E-state index in [1.807, 2.05) is 72.8 Å². The molecule has 1 aromatic heterocycles. The summed E-state index contributed by atoms with van der Waals surface area (Å²) >= 11 is 13.0. The van der Waals surface area contributed by atoms with E-state index in [1.165, 1.54) is 11.3 Å². The van der Waals surface area contributed by atoms with Crippen molar-refractivity contribution in [2.24, 2.45) is 0 Å². The number of halogens is 1. The van der Waals surface area contributed by atoms with Crippen LogP contribution in [0.5, 0.6) is 11.5 Å². The molecule has 162 valence electrons. The Morgan fingerprint density at radius 2 is 1.75 bits per heavy atom. The van der Waals surface area contributed by atoms with Gasteiger partial charge in [-0.25, -0.2) is 0 Å². The van der Waals surface area contributed by atoms with Gasteiger partial charge in [-0.3, -0.25) is 10.1 Å². The Balaban J connectivity index is 1.35. The molecule has 0 fully saturated rings. The zero-order valence-corrected chi connectivity index (χ0v) is 19.4. The second kappa shape index (κ2) is 9.99. The normalized spacial score (nSPS) is 10.6. The molecule has 0 aliphatic heterocycles. The predicted molar refractivity (Wildman–Crippen MR) is 134 cm³/mol. The molecular weight excluding hydrogens is 464 g/mol. The molecule has 0 bridgehead atoms. The van der Waals surface area contributed by atoms with Crippen LogP contribution in [0, 0.1) is 0 Å². The lowest BCUT2D eigenvalue weighted by Gasteiger charge is -2.10. The molecule has 32 heavy (non-hydrogen) atoms. The van der Waals surface area contributed by atoms with Crippen molar-refractivity contribution in [3.63, 3.8) is 0 Å². The number of thiophene rings is 1. The number of rotatable bonds is 6. The third-order valence-electron chi connectivity index (χ3n) is 4.63. The Morgan fingerprint density at radius 3 is 2.47 bits per heavy atom. The average molecular weight is 483 g/mol. The second-order valence-electron chi connectivity index (χ2n) is 6.81. The summed E-state index contributed by atoms with van der Waals surface area (Å²) in [4.78, 5) is 13.1. The van der Waals surface area contributed by atoms with Crippen LogP contribution in [0.1, 0.15) is 15.2 Å². The molecule has 8 heteroatoms. The van der Waals surface area contributed by atoms with E-state index in [0.29, 0.717) is 22.3 Å². The number of anilines is 1. The third kappa shape index (κ3) is 5.19. The number of carbonyl (C=O) groups is 1. The van der Waals surface area contributed by atoms with E-state index in [9.17, 15) is 4.79 Å². The predicted octanol–water partition coefficient (Wildman–Crippen LogP) is 6.27. The lowest BCUT2D eigenvalue weighted by atomic mass is 10.2. The van der Waals surface area contributed by atoms with Crippen molar-refractivity contribution in [3.05, 3.63) is 88.3 Å². The molecule has 0 radical (unpaired) electrons. The fraction of sp³-hybridized carbons (Fsp3) is 0.0833. The van der Waals surface area contributed by atoms with E-state index < -0.39 is 0 Å². The van der Waals surface area contributed by atoms with Crippen molar-refractivity contribution in [1.82, 2.24) is 5.32 Å². The number of thiocarbonyl (C=S) groups is 1. The van der Waals surface area contributed by atoms with Gasteiger partial charge in [0, 0.05) is 15.8 Å². The fourth-order valence-electron chi connectivity index (χ4n) is 3.02. The minimum atomic E-state index is -0.365. The summed E-state index contributed by atoms with van der Waals surface area (Å²) in [5.41, 5.74) is 1.83. The van der Waals surface area contributed by atoms with Crippen LogP contribution in [0.3, 0.4) is 0 Å². The first-order valence-electron chi connectivity index (χ1n) is 9.68. The molecular formula is C24H19ClN2O3S2. The largest absolute Gasteiger partial charge is 0.497 e. The number of nitrogens with one attached hydrogen (secondary N) is 2. The molecule has 0 spiro atoms. The van der Waals surface area contributed by atoms with Crippen LogP contribution in [0.4, 0.5) is 5.69 Å². The SMILES string of the molecule is COc1ccc2c(Cl)c(C(=O)NC(=S)Nc3ccc(OCc4ccccc4)cc3)sc2c1. The highest BCUT2D eigenvalue weighted by molar-refractivity contribution is 7.80. The summed E-state index contributed by atoms with van der Waals surface area (Å²) < 4.78 is 11.9. The lowest BCUT2D eigenvalue weighted by molar-refractivity contribution is 0.0982. The maximum atomic E-state index is 12.7. The zero-order valence-electron chi connectivity index (χ0n) is 17.1. The monoisotopic (exact) mass is 482 g/mol. The van der Waals surface area contributed by atoms with Crippen molar-refractivity contribution >= 4 is 61.9 Å². The third-order valence-corrected chi connectivity index (χ3v) is 6.49.